The molecule has 4 rings (SSSR count). The lowest BCUT2D eigenvalue weighted by molar-refractivity contribution is -0.122. The second kappa shape index (κ2) is 8.48. The van der Waals surface area contributed by atoms with Gasteiger partial charge in [-0.05, 0) is 54.9 Å². The van der Waals surface area contributed by atoms with Crippen molar-refractivity contribution in [3.8, 4) is 0 Å². The number of nitrogens with one attached hydrogen (secondary N) is 2. The SMILES string of the molecule is CC1CC(C)CN(S(=O)(=O)c2ccc3c(c2)C(C)C(C(=O)NCC2CCCO2)N3)C1. The first kappa shape index (κ1) is 21.6. The van der Waals surface area contributed by atoms with Crippen molar-refractivity contribution in [2.45, 2.75) is 63.0 Å². The monoisotopic (exact) mass is 435 g/mol. The Hall–Kier alpha value is -1.64. The van der Waals surface area contributed by atoms with Gasteiger partial charge < -0.3 is 15.4 Å². The summed E-state index contributed by atoms with van der Waals surface area (Å²) in [6.07, 6.45) is 3.16. The Balaban J connectivity index is 1.48. The predicted octanol–water partition coefficient (Wildman–Crippen LogP) is 2.55. The first-order valence-electron chi connectivity index (χ1n) is 11.1. The van der Waals surface area contributed by atoms with Crippen molar-refractivity contribution in [2.75, 3.05) is 31.6 Å². The van der Waals surface area contributed by atoms with Crippen LogP contribution in [0.25, 0.3) is 0 Å². The lowest BCUT2D eigenvalue weighted by Crippen LogP contribution is -2.42. The molecule has 1 aromatic rings. The Morgan fingerprint density at radius 3 is 2.63 bits per heavy atom. The van der Waals surface area contributed by atoms with Gasteiger partial charge in [-0.1, -0.05) is 20.8 Å². The molecule has 30 heavy (non-hydrogen) atoms. The highest BCUT2D eigenvalue weighted by Gasteiger charge is 2.37. The van der Waals surface area contributed by atoms with E-state index in [-0.39, 0.29) is 17.9 Å². The van der Waals surface area contributed by atoms with E-state index in [4.69, 9.17) is 4.74 Å². The van der Waals surface area contributed by atoms with E-state index >= 15 is 0 Å². The van der Waals surface area contributed by atoms with Crippen molar-refractivity contribution in [3.05, 3.63) is 23.8 Å². The van der Waals surface area contributed by atoms with Gasteiger partial charge in [-0.15, -0.1) is 0 Å². The normalized spacial score (nSPS) is 31.9. The summed E-state index contributed by atoms with van der Waals surface area (Å²) in [5.41, 5.74) is 1.71. The number of anilines is 1. The van der Waals surface area contributed by atoms with Gasteiger partial charge in [0.05, 0.1) is 11.0 Å². The van der Waals surface area contributed by atoms with Crippen LogP contribution in [0.4, 0.5) is 5.69 Å². The van der Waals surface area contributed by atoms with Crippen molar-refractivity contribution in [2.24, 2.45) is 11.8 Å². The largest absolute Gasteiger partial charge is 0.376 e. The highest BCUT2D eigenvalue weighted by atomic mass is 32.2. The van der Waals surface area contributed by atoms with Gasteiger partial charge in [0.1, 0.15) is 6.04 Å². The third kappa shape index (κ3) is 4.22. The topological polar surface area (TPSA) is 87.7 Å². The lowest BCUT2D eigenvalue weighted by atomic mass is 9.94. The van der Waals surface area contributed by atoms with Gasteiger partial charge in [0.25, 0.3) is 0 Å². The zero-order chi connectivity index (χ0) is 21.5. The molecule has 8 heteroatoms. The third-order valence-electron chi connectivity index (χ3n) is 6.61. The molecule has 0 aliphatic carbocycles. The number of fused-ring (bicyclic) bond motifs is 1. The first-order valence-corrected chi connectivity index (χ1v) is 12.5. The molecular formula is C22H33N3O4S. The fraction of sp³-hybridized carbons (Fsp3) is 0.682. The summed E-state index contributed by atoms with van der Waals surface area (Å²) in [6.45, 7) is 8.58. The van der Waals surface area contributed by atoms with Gasteiger partial charge in [-0.3, -0.25) is 4.79 Å². The Morgan fingerprint density at radius 2 is 1.97 bits per heavy atom. The molecular weight excluding hydrogens is 402 g/mol. The van der Waals surface area contributed by atoms with Crippen LogP contribution in [0, 0.1) is 11.8 Å². The molecule has 7 nitrogen and oxygen atoms in total. The summed E-state index contributed by atoms with van der Waals surface area (Å²) in [7, 11) is -3.54. The fourth-order valence-corrected chi connectivity index (χ4v) is 6.77. The molecule has 3 aliphatic heterocycles. The predicted molar refractivity (Wildman–Crippen MR) is 116 cm³/mol. The minimum Gasteiger partial charge on any atom is -0.376 e. The molecule has 0 saturated carbocycles. The second-order valence-corrected chi connectivity index (χ2v) is 11.2. The van der Waals surface area contributed by atoms with Gasteiger partial charge in [-0.2, -0.15) is 4.31 Å². The molecule has 2 N–H and O–H groups in total. The summed E-state index contributed by atoms with van der Waals surface area (Å²) >= 11 is 0. The fourth-order valence-electron chi connectivity index (χ4n) is 5.05. The number of ether oxygens (including phenoxy) is 1. The highest BCUT2D eigenvalue weighted by Crippen LogP contribution is 2.38. The standard InChI is InChI=1S/C22H33N3O4S/c1-14-9-15(2)13-25(12-14)30(27,28)18-6-7-20-19(10-18)16(3)21(24-20)22(26)23-11-17-5-4-8-29-17/h6-7,10,14-17,21,24H,4-5,8-9,11-13H2,1-3H3,(H,23,26). The van der Waals surface area contributed by atoms with Crippen LogP contribution in [0.1, 0.15) is 51.5 Å². The van der Waals surface area contributed by atoms with Crippen LogP contribution in [0.15, 0.2) is 23.1 Å². The molecule has 3 aliphatic rings. The van der Waals surface area contributed by atoms with E-state index < -0.39 is 16.1 Å². The van der Waals surface area contributed by atoms with E-state index in [0.717, 1.165) is 37.1 Å². The Labute approximate surface area is 179 Å². The summed E-state index contributed by atoms with van der Waals surface area (Å²) < 4.78 is 33.7. The van der Waals surface area contributed by atoms with Crippen LogP contribution in [-0.4, -0.2) is 57.0 Å². The highest BCUT2D eigenvalue weighted by molar-refractivity contribution is 7.89. The number of hydrogen-bond donors (Lipinski definition) is 2. The van der Waals surface area contributed by atoms with Crippen molar-refractivity contribution < 1.29 is 17.9 Å². The maximum Gasteiger partial charge on any atom is 0.243 e. The van der Waals surface area contributed by atoms with Crippen LogP contribution in [0.2, 0.25) is 0 Å². The van der Waals surface area contributed by atoms with Crippen LogP contribution in [-0.2, 0) is 19.6 Å². The Bertz CT molecular complexity index is 888. The third-order valence-corrected chi connectivity index (χ3v) is 8.44. The molecule has 1 aromatic carbocycles. The minimum absolute atomic E-state index is 0.0720. The van der Waals surface area contributed by atoms with E-state index in [0.29, 0.717) is 36.4 Å². The number of rotatable bonds is 5. The van der Waals surface area contributed by atoms with E-state index in [1.807, 2.05) is 6.92 Å². The zero-order valence-electron chi connectivity index (χ0n) is 18.1. The van der Waals surface area contributed by atoms with Crippen LogP contribution < -0.4 is 10.6 Å². The number of piperidine rings is 1. The smallest absolute Gasteiger partial charge is 0.243 e. The first-order chi connectivity index (χ1) is 14.3. The average molecular weight is 436 g/mol. The molecule has 0 bridgehead atoms. The number of nitrogens with zero attached hydrogens (tertiary/aromatic N) is 1. The molecule has 2 saturated heterocycles. The maximum atomic E-state index is 13.3. The molecule has 0 radical (unpaired) electrons. The minimum atomic E-state index is -3.54. The number of carbonyl (C=O) groups is 1. The van der Waals surface area contributed by atoms with Crippen molar-refractivity contribution in [1.29, 1.82) is 0 Å². The molecule has 3 heterocycles. The second-order valence-electron chi connectivity index (χ2n) is 9.31. The van der Waals surface area contributed by atoms with Gasteiger partial charge in [0.15, 0.2) is 0 Å². The van der Waals surface area contributed by atoms with Gasteiger partial charge in [0, 0.05) is 37.8 Å². The van der Waals surface area contributed by atoms with Crippen molar-refractivity contribution in [1.82, 2.24) is 9.62 Å². The molecule has 5 unspecified atom stereocenters. The number of carbonyl (C=O) groups excluding carboxylic acids is 1. The van der Waals surface area contributed by atoms with Gasteiger partial charge in [-0.25, -0.2) is 8.42 Å². The van der Waals surface area contributed by atoms with Crippen molar-refractivity contribution >= 4 is 21.6 Å². The lowest BCUT2D eigenvalue weighted by Gasteiger charge is -2.34. The van der Waals surface area contributed by atoms with Gasteiger partial charge in [0.2, 0.25) is 15.9 Å². The number of amides is 1. The summed E-state index contributed by atoms with van der Waals surface area (Å²) in [5, 5.41) is 6.26. The molecule has 2 fully saturated rings. The number of sulfonamides is 1. The summed E-state index contributed by atoms with van der Waals surface area (Å²) in [4.78, 5) is 13.0. The summed E-state index contributed by atoms with van der Waals surface area (Å²) in [6, 6.07) is 4.79. The average Bonchev–Trinajstić information content (AvgIpc) is 3.33. The molecule has 5 atom stereocenters. The van der Waals surface area contributed by atoms with E-state index in [1.165, 1.54) is 0 Å². The molecule has 166 valence electrons. The van der Waals surface area contributed by atoms with E-state index in [2.05, 4.69) is 24.5 Å². The molecule has 0 spiro atoms. The van der Waals surface area contributed by atoms with Gasteiger partial charge >= 0.3 is 0 Å². The van der Waals surface area contributed by atoms with E-state index in [9.17, 15) is 13.2 Å². The van der Waals surface area contributed by atoms with Crippen LogP contribution >= 0.6 is 0 Å². The zero-order valence-corrected chi connectivity index (χ0v) is 18.9. The molecule has 1 amide bonds. The quantitative estimate of drug-likeness (QED) is 0.742. The number of benzene rings is 1. The van der Waals surface area contributed by atoms with Crippen LogP contribution in [0.5, 0.6) is 0 Å². The van der Waals surface area contributed by atoms with Crippen LogP contribution in [0.3, 0.4) is 0 Å². The van der Waals surface area contributed by atoms with Crippen molar-refractivity contribution in [3.63, 3.8) is 0 Å². The Kier molecular flexibility index (Phi) is 6.10. The Morgan fingerprint density at radius 1 is 1.23 bits per heavy atom. The summed E-state index contributed by atoms with van der Waals surface area (Å²) in [5.74, 6) is 0.530. The number of hydrogen-bond acceptors (Lipinski definition) is 5. The van der Waals surface area contributed by atoms with E-state index in [1.54, 1.807) is 22.5 Å². The molecule has 0 aromatic heterocycles. The maximum absolute atomic E-state index is 13.3.